The van der Waals surface area contributed by atoms with Gasteiger partial charge >= 0.3 is 0 Å². The Bertz CT molecular complexity index is 297. The van der Waals surface area contributed by atoms with Gasteiger partial charge in [-0.15, -0.1) is 0 Å². The van der Waals surface area contributed by atoms with Gasteiger partial charge in [-0.1, -0.05) is 11.6 Å². The molecule has 1 aliphatic rings. The van der Waals surface area contributed by atoms with Gasteiger partial charge in [0.2, 0.25) is 0 Å². The first-order valence-corrected chi connectivity index (χ1v) is 4.31. The number of hydrogen-bond acceptors (Lipinski definition) is 1. The summed E-state index contributed by atoms with van der Waals surface area (Å²) in [6.45, 7) is 1.81. The van der Waals surface area contributed by atoms with Crippen molar-refractivity contribution in [2.24, 2.45) is 0 Å². The molecule has 0 unspecified atom stereocenters. The molecule has 0 atom stereocenters. The molecule has 3 heteroatoms. The third kappa shape index (κ3) is 1.32. The van der Waals surface area contributed by atoms with Crippen LogP contribution in [0.4, 0.5) is 4.39 Å². The van der Waals surface area contributed by atoms with E-state index in [4.69, 9.17) is 11.6 Å². The zero-order valence-corrected chi connectivity index (χ0v) is 7.24. The van der Waals surface area contributed by atoms with E-state index < -0.39 is 0 Å². The average molecular weight is 186 g/mol. The van der Waals surface area contributed by atoms with Gasteiger partial charge in [0, 0.05) is 24.0 Å². The molecule has 1 nitrogen and oxygen atoms in total. The molecule has 0 radical (unpaired) electrons. The lowest BCUT2D eigenvalue weighted by Crippen LogP contribution is -2.40. The molecule has 1 N–H and O–H groups in total. The van der Waals surface area contributed by atoms with Crippen molar-refractivity contribution in [3.05, 3.63) is 34.6 Å². The molecule has 1 aromatic rings. The Morgan fingerprint density at radius 1 is 1.42 bits per heavy atom. The third-order valence-corrected chi connectivity index (χ3v) is 2.52. The maximum Gasteiger partial charge on any atom is 0.123 e. The van der Waals surface area contributed by atoms with Gasteiger partial charge < -0.3 is 5.32 Å². The molecule has 1 aromatic carbocycles. The zero-order valence-electron chi connectivity index (χ0n) is 6.48. The van der Waals surface area contributed by atoms with E-state index >= 15 is 0 Å². The van der Waals surface area contributed by atoms with Crippen LogP contribution in [-0.2, 0) is 0 Å². The van der Waals surface area contributed by atoms with E-state index in [2.05, 4.69) is 5.32 Å². The molecule has 1 aliphatic heterocycles. The lowest BCUT2D eigenvalue weighted by Gasteiger charge is -2.28. The van der Waals surface area contributed by atoms with Crippen LogP contribution in [0.2, 0.25) is 5.02 Å². The Balaban J connectivity index is 2.34. The number of rotatable bonds is 1. The number of hydrogen-bond donors (Lipinski definition) is 1. The molecule has 64 valence electrons. The van der Waals surface area contributed by atoms with Crippen LogP contribution in [0, 0.1) is 5.82 Å². The average Bonchev–Trinajstić information content (AvgIpc) is 1.93. The summed E-state index contributed by atoms with van der Waals surface area (Å²) in [5.74, 6) is 0.189. The van der Waals surface area contributed by atoms with Gasteiger partial charge in [-0.05, 0) is 23.8 Å². The molecule has 0 aliphatic carbocycles. The molecule has 1 saturated heterocycles. The van der Waals surface area contributed by atoms with Crippen LogP contribution in [0.25, 0.3) is 0 Å². The van der Waals surface area contributed by atoms with Crippen molar-refractivity contribution in [1.82, 2.24) is 5.32 Å². The second-order valence-electron chi connectivity index (χ2n) is 3.02. The minimum Gasteiger partial charge on any atom is -0.315 e. The third-order valence-electron chi connectivity index (χ3n) is 2.18. The van der Waals surface area contributed by atoms with Gasteiger partial charge in [0.05, 0.1) is 0 Å². The van der Waals surface area contributed by atoms with Crippen molar-refractivity contribution in [2.75, 3.05) is 13.1 Å². The fourth-order valence-electron chi connectivity index (χ4n) is 1.34. The highest BCUT2D eigenvalue weighted by Crippen LogP contribution is 2.27. The maximum absolute atomic E-state index is 12.8. The highest BCUT2D eigenvalue weighted by molar-refractivity contribution is 6.31. The minimum absolute atomic E-state index is 0.207. The molecule has 2 rings (SSSR count). The standard InChI is InChI=1S/C9H9ClFN/c10-9-2-1-7(11)3-8(9)6-4-12-5-6/h1-3,6,12H,4-5H2. The topological polar surface area (TPSA) is 12.0 Å². The Labute approximate surface area is 75.5 Å². The summed E-state index contributed by atoms with van der Waals surface area (Å²) in [5.41, 5.74) is 0.926. The molecule has 1 heterocycles. The van der Waals surface area contributed by atoms with Crippen molar-refractivity contribution in [3.8, 4) is 0 Å². The molecule has 0 amide bonds. The Kier molecular flexibility index (Phi) is 2.03. The predicted molar refractivity (Wildman–Crippen MR) is 47.0 cm³/mol. The minimum atomic E-state index is -0.207. The van der Waals surface area contributed by atoms with Gasteiger partial charge in [-0.2, -0.15) is 0 Å². The molecular weight excluding hydrogens is 177 g/mol. The van der Waals surface area contributed by atoms with E-state index in [0.717, 1.165) is 18.7 Å². The van der Waals surface area contributed by atoms with Crippen LogP contribution in [0.15, 0.2) is 18.2 Å². The normalized spacial score (nSPS) is 17.5. The Morgan fingerprint density at radius 2 is 2.17 bits per heavy atom. The monoisotopic (exact) mass is 185 g/mol. The first-order chi connectivity index (χ1) is 5.77. The number of nitrogens with one attached hydrogen (secondary N) is 1. The van der Waals surface area contributed by atoms with Crippen LogP contribution in [-0.4, -0.2) is 13.1 Å². The molecular formula is C9H9ClFN. The zero-order chi connectivity index (χ0) is 8.55. The van der Waals surface area contributed by atoms with Crippen LogP contribution < -0.4 is 5.32 Å². The highest BCUT2D eigenvalue weighted by atomic mass is 35.5. The van der Waals surface area contributed by atoms with Crippen LogP contribution >= 0.6 is 11.6 Å². The van der Waals surface area contributed by atoms with Crippen molar-refractivity contribution in [1.29, 1.82) is 0 Å². The summed E-state index contributed by atoms with van der Waals surface area (Å²) < 4.78 is 12.8. The summed E-state index contributed by atoms with van der Waals surface area (Å²) in [5, 5.41) is 3.79. The van der Waals surface area contributed by atoms with E-state index in [1.807, 2.05) is 0 Å². The SMILES string of the molecule is Fc1ccc(Cl)c(C2CNC2)c1. The molecule has 0 bridgehead atoms. The van der Waals surface area contributed by atoms with Gasteiger partial charge in [0.15, 0.2) is 0 Å². The summed E-state index contributed by atoms with van der Waals surface area (Å²) in [6.07, 6.45) is 0. The number of halogens is 2. The summed E-state index contributed by atoms with van der Waals surface area (Å²) in [4.78, 5) is 0. The lowest BCUT2D eigenvalue weighted by molar-refractivity contribution is 0.446. The van der Waals surface area contributed by atoms with E-state index in [1.54, 1.807) is 6.07 Å². The Morgan fingerprint density at radius 3 is 2.75 bits per heavy atom. The number of benzene rings is 1. The van der Waals surface area contributed by atoms with E-state index in [-0.39, 0.29) is 5.82 Å². The fraction of sp³-hybridized carbons (Fsp3) is 0.333. The van der Waals surface area contributed by atoms with Gasteiger partial charge in [-0.3, -0.25) is 0 Å². The van der Waals surface area contributed by atoms with Gasteiger partial charge in [-0.25, -0.2) is 4.39 Å². The van der Waals surface area contributed by atoms with E-state index in [0.29, 0.717) is 10.9 Å². The molecule has 0 aromatic heterocycles. The smallest absolute Gasteiger partial charge is 0.123 e. The second-order valence-corrected chi connectivity index (χ2v) is 3.43. The van der Waals surface area contributed by atoms with Gasteiger partial charge in [0.1, 0.15) is 5.82 Å². The van der Waals surface area contributed by atoms with Crippen molar-refractivity contribution < 1.29 is 4.39 Å². The largest absolute Gasteiger partial charge is 0.315 e. The second kappa shape index (κ2) is 3.04. The summed E-state index contributed by atoms with van der Waals surface area (Å²) >= 11 is 5.91. The van der Waals surface area contributed by atoms with Crippen molar-refractivity contribution >= 4 is 11.6 Å². The van der Waals surface area contributed by atoms with Gasteiger partial charge in [0.25, 0.3) is 0 Å². The van der Waals surface area contributed by atoms with Crippen molar-refractivity contribution in [2.45, 2.75) is 5.92 Å². The van der Waals surface area contributed by atoms with E-state index in [9.17, 15) is 4.39 Å². The summed E-state index contributed by atoms with van der Waals surface area (Å²) in [7, 11) is 0. The van der Waals surface area contributed by atoms with E-state index in [1.165, 1.54) is 12.1 Å². The van der Waals surface area contributed by atoms with Crippen molar-refractivity contribution in [3.63, 3.8) is 0 Å². The first kappa shape index (κ1) is 8.02. The predicted octanol–water partition coefficient (Wildman–Crippen LogP) is 2.17. The molecule has 1 fully saturated rings. The quantitative estimate of drug-likeness (QED) is 0.707. The molecule has 0 spiro atoms. The summed E-state index contributed by atoms with van der Waals surface area (Å²) in [6, 6.07) is 4.52. The van der Waals surface area contributed by atoms with Crippen LogP contribution in [0.1, 0.15) is 11.5 Å². The maximum atomic E-state index is 12.8. The molecule has 0 saturated carbocycles. The fourth-order valence-corrected chi connectivity index (χ4v) is 1.61. The highest BCUT2D eigenvalue weighted by Gasteiger charge is 2.21. The van der Waals surface area contributed by atoms with Crippen LogP contribution in [0.5, 0.6) is 0 Å². The first-order valence-electron chi connectivity index (χ1n) is 3.93. The Hall–Kier alpha value is -0.600. The molecule has 12 heavy (non-hydrogen) atoms. The lowest BCUT2D eigenvalue weighted by atomic mass is 9.94. The van der Waals surface area contributed by atoms with Crippen LogP contribution in [0.3, 0.4) is 0 Å².